The summed E-state index contributed by atoms with van der Waals surface area (Å²) in [7, 11) is 0. The van der Waals surface area contributed by atoms with Gasteiger partial charge in [0.1, 0.15) is 0 Å². The van der Waals surface area contributed by atoms with Gasteiger partial charge in [-0.15, -0.1) is 11.3 Å². The first-order chi connectivity index (χ1) is 20.9. The molecular weight excluding hydrogens is 527 g/mol. The minimum Gasteiger partial charge on any atom is -0.310 e. The fourth-order valence-corrected chi connectivity index (χ4v) is 8.01. The minimum absolute atomic E-state index is 1.14. The smallest absolute Gasteiger partial charge is 0.0540 e. The van der Waals surface area contributed by atoms with Crippen LogP contribution in [0.15, 0.2) is 152 Å². The van der Waals surface area contributed by atoms with E-state index in [2.05, 4.69) is 157 Å². The van der Waals surface area contributed by atoms with Crippen LogP contribution in [0.1, 0.15) is 0 Å². The summed E-state index contributed by atoms with van der Waals surface area (Å²) < 4.78 is 2.70. The second-order valence-corrected chi connectivity index (χ2v) is 12.0. The van der Waals surface area contributed by atoms with E-state index in [0.29, 0.717) is 0 Å². The highest BCUT2D eigenvalue weighted by Gasteiger charge is 2.24. The van der Waals surface area contributed by atoms with E-state index in [4.69, 9.17) is 0 Å². The largest absolute Gasteiger partial charge is 0.310 e. The van der Waals surface area contributed by atoms with Crippen LogP contribution in [0.4, 0.5) is 17.1 Å². The molecule has 0 saturated heterocycles. The summed E-state index contributed by atoms with van der Waals surface area (Å²) in [4.78, 5) is 2.37. The van der Waals surface area contributed by atoms with Crippen molar-refractivity contribution in [2.45, 2.75) is 0 Å². The first-order valence-electron chi connectivity index (χ1n) is 14.4. The van der Waals surface area contributed by atoms with Gasteiger partial charge in [-0.25, -0.2) is 0 Å². The van der Waals surface area contributed by atoms with Crippen molar-refractivity contribution in [1.82, 2.24) is 0 Å². The van der Waals surface area contributed by atoms with Crippen LogP contribution in [-0.4, -0.2) is 0 Å². The highest BCUT2D eigenvalue weighted by atomic mass is 32.1. The van der Waals surface area contributed by atoms with Crippen molar-refractivity contribution in [2.24, 2.45) is 0 Å². The van der Waals surface area contributed by atoms with Crippen molar-refractivity contribution in [2.75, 3.05) is 4.90 Å². The number of hydrogen-bond donors (Lipinski definition) is 0. The number of hydrogen-bond acceptors (Lipinski definition) is 2. The molecule has 196 valence electrons. The van der Waals surface area contributed by atoms with E-state index in [9.17, 15) is 0 Å². The second-order valence-electron chi connectivity index (χ2n) is 10.9. The monoisotopic (exact) mass is 551 g/mol. The maximum absolute atomic E-state index is 2.37. The summed E-state index contributed by atoms with van der Waals surface area (Å²) in [5.41, 5.74) is 11.2. The second kappa shape index (κ2) is 9.17. The van der Waals surface area contributed by atoms with Gasteiger partial charge in [0.2, 0.25) is 0 Å². The molecule has 7 aromatic carbocycles. The minimum atomic E-state index is 1.14. The lowest BCUT2D eigenvalue weighted by Gasteiger charge is -2.28. The molecule has 0 N–H and O–H groups in total. The van der Waals surface area contributed by atoms with Crippen molar-refractivity contribution in [3.63, 3.8) is 0 Å². The molecule has 1 aliphatic rings. The van der Waals surface area contributed by atoms with E-state index in [1.54, 1.807) is 0 Å². The zero-order valence-corrected chi connectivity index (χ0v) is 23.6. The molecule has 0 fully saturated rings. The molecule has 0 atom stereocenters. The summed E-state index contributed by atoms with van der Waals surface area (Å²) in [5.74, 6) is 0. The van der Waals surface area contributed by atoms with Crippen LogP contribution in [0.25, 0.3) is 64.3 Å². The zero-order valence-electron chi connectivity index (χ0n) is 22.8. The Hall–Kier alpha value is -5.18. The lowest BCUT2D eigenvalue weighted by Crippen LogP contribution is -2.11. The fourth-order valence-electron chi connectivity index (χ4n) is 6.87. The molecule has 2 heteroatoms. The predicted molar refractivity (Wildman–Crippen MR) is 181 cm³/mol. The van der Waals surface area contributed by atoms with Gasteiger partial charge in [0.05, 0.1) is 5.69 Å². The molecule has 0 bridgehead atoms. The average Bonchev–Trinajstić information content (AvgIpc) is 3.39. The molecule has 8 aromatic rings. The molecule has 9 rings (SSSR count). The molecule has 1 nitrogen and oxygen atoms in total. The van der Waals surface area contributed by atoms with E-state index < -0.39 is 0 Å². The summed E-state index contributed by atoms with van der Waals surface area (Å²) in [5, 5.41) is 5.42. The Balaban J connectivity index is 1.39. The van der Waals surface area contributed by atoms with Gasteiger partial charge >= 0.3 is 0 Å². The molecule has 42 heavy (non-hydrogen) atoms. The van der Waals surface area contributed by atoms with Crippen LogP contribution in [0.2, 0.25) is 0 Å². The van der Waals surface area contributed by atoms with Gasteiger partial charge in [-0.1, -0.05) is 109 Å². The Bertz CT molecular complexity index is 2260. The van der Waals surface area contributed by atoms with Gasteiger partial charge in [0.25, 0.3) is 0 Å². The lowest BCUT2D eigenvalue weighted by atomic mass is 9.89. The third kappa shape index (κ3) is 3.36. The molecule has 1 aromatic heterocycles. The fraction of sp³-hybridized carbons (Fsp3) is 0. The number of anilines is 3. The third-order valence-electron chi connectivity index (χ3n) is 8.61. The molecule has 0 radical (unpaired) electrons. The Labute approximate surface area is 248 Å². The van der Waals surface area contributed by atoms with Crippen molar-refractivity contribution < 1.29 is 0 Å². The maximum atomic E-state index is 2.37. The summed E-state index contributed by atoms with van der Waals surface area (Å²) >= 11 is 1.90. The first-order valence-corrected chi connectivity index (χ1v) is 15.2. The zero-order chi connectivity index (χ0) is 27.6. The third-order valence-corrected chi connectivity index (χ3v) is 9.73. The number of para-hydroxylation sites is 3. The number of thiophene rings is 1. The van der Waals surface area contributed by atoms with Crippen LogP contribution in [0, 0.1) is 0 Å². The summed E-state index contributed by atoms with van der Waals surface area (Å²) in [6.45, 7) is 0. The van der Waals surface area contributed by atoms with Gasteiger partial charge in [0.15, 0.2) is 0 Å². The summed E-state index contributed by atoms with van der Waals surface area (Å²) in [6.07, 6.45) is 0. The Morgan fingerprint density at radius 3 is 1.60 bits per heavy atom. The van der Waals surface area contributed by atoms with Crippen LogP contribution in [0.3, 0.4) is 0 Å². The SMILES string of the molecule is c1ccc(N(c2ccccc2)c2ccccc2-c2ccc3c4c2ccc2sc5cccc(c5c24)-c2ccccc2-3)cc1. The molecule has 0 aliphatic heterocycles. The van der Waals surface area contributed by atoms with E-state index in [0.717, 1.165) is 17.1 Å². The van der Waals surface area contributed by atoms with Crippen LogP contribution in [-0.2, 0) is 0 Å². The highest BCUT2D eigenvalue weighted by Crippen LogP contribution is 2.52. The summed E-state index contributed by atoms with van der Waals surface area (Å²) in [6, 6.07) is 55.3. The normalized spacial score (nSPS) is 11.8. The van der Waals surface area contributed by atoms with E-state index in [1.807, 2.05) is 11.3 Å². The highest BCUT2D eigenvalue weighted by molar-refractivity contribution is 7.26. The quantitative estimate of drug-likeness (QED) is 0.210. The Kier molecular flexibility index (Phi) is 5.13. The number of rotatable bonds is 4. The van der Waals surface area contributed by atoms with E-state index >= 15 is 0 Å². The van der Waals surface area contributed by atoms with Crippen LogP contribution < -0.4 is 4.90 Å². The molecule has 0 spiro atoms. The molecule has 1 aliphatic carbocycles. The molecule has 1 heterocycles. The topological polar surface area (TPSA) is 3.24 Å². The molecule has 0 amide bonds. The number of nitrogens with zero attached hydrogens (tertiary/aromatic N) is 1. The van der Waals surface area contributed by atoms with Crippen molar-refractivity contribution >= 4 is 59.3 Å². The lowest BCUT2D eigenvalue weighted by molar-refractivity contribution is 1.28. The van der Waals surface area contributed by atoms with Gasteiger partial charge in [-0.05, 0) is 81.1 Å². The Morgan fingerprint density at radius 2 is 0.881 bits per heavy atom. The van der Waals surface area contributed by atoms with Crippen molar-refractivity contribution in [3.8, 4) is 33.4 Å². The van der Waals surface area contributed by atoms with E-state index in [-0.39, 0.29) is 0 Å². The van der Waals surface area contributed by atoms with Gasteiger partial charge < -0.3 is 4.90 Å². The van der Waals surface area contributed by atoms with Gasteiger partial charge in [-0.2, -0.15) is 0 Å². The standard InChI is InChI=1S/C40H25NS/c1-3-12-26(13-4-1)41(27-14-5-2-6-15-27)35-20-10-9-18-31(35)30-22-23-33-29-17-8-7-16-28(29)32-19-11-21-36-39(32)40-37(42-36)25-24-34(30)38(33)40/h1-25H. The van der Waals surface area contributed by atoms with E-state index in [1.165, 1.54) is 64.3 Å². The number of benzene rings is 7. The van der Waals surface area contributed by atoms with Crippen LogP contribution in [0.5, 0.6) is 0 Å². The first kappa shape index (κ1) is 23.5. The molecular formula is C40H25NS. The average molecular weight is 552 g/mol. The molecule has 0 saturated carbocycles. The molecule has 0 unspecified atom stereocenters. The van der Waals surface area contributed by atoms with Crippen molar-refractivity contribution in [3.05, 3.63) is 152 Å². The van der Waals surface area contributed by atoms with Crippen LogP contribution >= 0.6 is 11.3 Å². The van der Waals surface area contributed by atoms with Gasteiger partial charge in [-0.3, -0.25) is 0 Å². The Morgan fingerprint density at radius 1 is 0.333 bits per heavy atom. The maximum Gasteiger partial charge on any atom is 0.0540 e. The predicted octanol–water partition coefficient (Wildman–Crippen LogP) is 12.0. The van der Waals surface area contributed by atoms with Crippen molar-refractivity contribution in [1.29, 1.82) is 0 Å². The van der Waals surface area contributed by atoms with Gasteiger partial charge in [0, 0.05) is 37.1 Å². The number of fused-ring (bicyclic) bond motifs is 3.